The Kier molecular flexibility index (Phi) is 4.67. The molecule has 27 heavy (non-hydrogen) atoms. The van der Waals surface area contributed by atoms with Crippen LogP contribution >= 0.6 is 0 Å². The molecule has 132 valence electrons. The van der Waals surface area contributed by atoms with Crippen molar-refractivity contribution >= 4 is 16.8 Å². The van der Waals surface area contributed by atoms with Crippen molar-refractivity contribution in [3.63, 3.8) is 0 Å². The number of rotatable bonds is 4. The zero-order chi connectivity index (χ0) is 18.6. The first-order chi connectivity index (χ1) is 13.2. The maximum absolute atomic E-state index is 12.9. The lowest BCUT2D eigenvalue weighted by molar-refractivity contribution is 0.0952. The molecule has 4 rings (SSSR count). The highest BCUT2D eigenvalue weighted by Crippen LogP contribution is 2.25. The summed E-state index contributed by atoms with van der Waals surface area (Å²) in [6.07, 6.45) is 0. The van der Waals surface area contributed by atoms with Crippen LogP contribution in [0.15, 0.2) is 84.9 Å². The number of amides is 1. The van der Waals surface area contributed by atoms with Crippen LogP contribution < -0.4 is 5.32 Å². The number of nitrogens with zero attached hydrogens (tertiary/aromatic N) is 1. The lowest BCUT2D eigenvalue weighted by Crippen LogP contribution is -2.23. The van der Waals surface area contributed by atoms with E-state index in [0.29, 0.717) is 12.1 Å². The average Bonchev–Trinajstić information content (AvgIpc) is 2.72. The van der Waals surface area contributed by atoms with Crippen LogP contribution in [0.3, 0.4) is 0 Å². The van der Waals surface area contributed by atoms with Gasteiger partial charge in [0.1, 0.15) is 0 Å². The molecule has 1 N–H and O–H groups in total. The van der Waals surface area contributed by atoms with Crippen molar-refractivity contribution in [1.82, 2.24) is 10.3 Å². The van der Waals surface area contributed by atoms with Crippen LogP contribution in [0, 0.1) is 6.92 Å². The fourth-order valence-electron chi connectivity index (χ4n) is 3.11. The Balaban J connectivity index is 1.72. The van der Waals surface area contributed by atoms with Crippen LogP contribution in [0.2, 0.25) is 0 Å². The van der Waals surface area contributed by atoms with Crippen molar-refractivity contribution in [2.24, 2.45) is 0 Å². The number of para-hydroxylation sites is 1. The number of carbonyl (C=O) groups is 1. The van der Waals surface area contributed by atoms with Gasteiger partial charge in [0.05, 0.1) is 16.8 Å². The van der Waals surface area contributed by atoms with Gasteiger partial charge in [0, 0.05) is 17.5 Å². The van der Waals surface area contributed by atoms with E-state index < -0.39 is 0 Å². The molecular weight excluding hydrogens is 332 g/mol. The number of hydrogen-bond acceptors (Lipinski definition) is 2. The van der Waals surface area contributed by atoms with Crippen molar-refractivity contribution < 1.29 is 4.79 Å². The van der Waals surface area contributed by atoms with E-state index in [1.165, 1.54) is 5.56 Å². The van der Waals surface area contributed by atoms with Gasteiger partial charge in [-0.2, -0.15) is 0 Å². The number of fused-ring (bicyclic) bond motifs is 1. The van der Waals surface area contributed by atoms with E-state index in [0.717, 1.165) is 27.7 Å². The van der Waals surface area contributed by atoms with Crippen LogP contribution in [0.25, 0.3) is 22.2 Å². The second kappa shape index (κ2) is 7.42. The predicted molar refractivity (Wildman–Crippen MR) is 110 cm³/mol. The molecule has 0 atom stereocenters. The summed E-state index contributed by atoms with van der Waals surface area (Å²) in [4.78, 5) is 17.7. The van der Waals surface area contributed by atoms with Gasteiger partial charge in [-0.1, -0.05) is 78.4 Å². The fraction of sp³-hybridized carbons (Fsp3) is 0.0833. The number of hydrogen-bond donors (Lipinski definition) is 1. The van der Waals surface area contributed by atoms with Gasteiger partial charge in [0.25, 0.3) is 5.91 Å². The molecule has 0 aliphatic carbocycles. The Bertz CT molecular complexity index is 1090. The highest BCUT2D eigenvalue weighted by molar-refractivity contribution is 6.07. The highest BCUT2D eigenvalue weighted by atomic mass is 16.1. The zero-order valence-electron chi connectivity index (χ0n) is 15.1. The molecule has 1 amide bonds. The van der Waals surface area contributed by atoms with E-state index in [2.05, 4.69) is 24.4 Å². The number of carbonyl (C=O) groups excluding carboxylic acids is 1. The quantitative estimate of drug-likeness (QED) is 0.552. The Labute approximate surface area is 158 Å². The number of benzene rings is 3. The lowest BCUT2D eigenvalue weighted by atomic mass is 10.0. The van der Waals surface area contributed by atoms with Gasteiger partial charge in [0.15, 0.2) is 0 Å². The third kappa shape index (κ3) is 3.72. The van der Waals surface area contributed by atoms with Gasteiger partial charge in [-0.25, -0.2) is 4.98 Å². The van der Waals surface area contributed by atoms with Gasteiger partial charge in [-0.05, 0) is 24.6 Å². The molecule has 0 bridgehead atoms. The monoisotopic (exact) mass is 352 g/mol. The van der Waals surface area contributed by atoms with Crippen LogP contribution in [0.5, 0.6) is 0 Å². The van der Waals surface area contributed by atoms with E-state index in [1.54, 1.807) is 0 Å². The van der Waals surface area contributed by atoms with Crippen LogP contribution in [0.4, 0.5) is 0 Å². The summed E-state index contributed by atoms with van der Waals surface area (Å²) in [7, 11) is 0. The van der Waals surface area contributed by atoms with Gasteiger partial charge in [-0.15, -0.1) is 0 Å². The summed E-state index contributed by atoms with van der Waals surface area (Å²) in [5.41, 5.74) is 5.54. The van der Waals surface area contributed by atoms with Crippen molar-refractivity contribution in [2.75, 3.05) is 0 Å². The highest BCUT2D eigenvalue weighted by Gasteiger charge is 2.13. The molecule has 0 radical (unpaired) electrons. The van der Waals surface area contributed by atoms with E-state index in [-0.39, 0.29) is 5.91 Å². The molecule has 3 heteroatoms. The van der Waals surface area contributed by atoms with Gasteiger partial charge in [-0.3, -0.25) is 4.79 Å². The molecule has 0 aliphatic heterocycles. The molecule has 1 aromatic heterocycles. The molecule has 0 fully saturated rings. The smallest absolute Gasteiger partial charge is 0.252 e. The van der Waals surface area contributed by atoms with E-state index in [9.17, 15) is 4.79 Å². The van der Waals surface area contributed by atoms with Crippen molar-refractivity contribution in [3.05, 3.63) is 102 Å². The normalized spacial score (nSPS) is 10.7. The summed E-state index contributed by atoms with van der Waals surface area (Å²) >= 11 is 0. The van der Waals surface area contributed by atoms with Crippen molar-refractivity contribution in [1.29, 1.82) is 0 Å². The minimum Gasteiger partial charge on any atom is -0.348 e. The molecule has 3 nitrogen and oxygen atoms in total. The molecule has 0 saturated carbocycles. The molecule has 0 unspecified atom stereocenters. The average molecular weight is 352 g/mol. The minimum absolute atomic E-state index is 0.0918. The number of nitrogens with one attached hydrogen (secondary N) is 1. The van der Waals surface area contributed by atoms with E-state index in [1.807, 2.05) is 72.8 Å². The van der Waals surface area contributed by atoms with Crippen LogP contribution in [-0.2, 0) is 6.54 Å². The summed E-state index contributed by atoms with van der Waals surface area (Å²) < 4.78 is 0. The van der Waals surface area contributed by atoms with Crippen molar-refractivity contribution in [3.8, 4) is 11.3 Å². The summed E-state index contributed by atoms with van der Waals surface area (Å²) in [6, 6.07) is 27.8. The molecule has 4 aromatic rings. The summed E-state index contributed by atoms with van der Waals surface area (Å²) in [6.45, 7) is 2.55. The fourth-order valence-corrected chi connectivity index (χ4v) is 3.11. The van der Waals surface area contributed by atoms with E-state index >= 15 is 0 Å². The van der Waals surface area contributed by atoms with E-state index in [4.69, 9.17) is 4.98 Å². The zero-order valence-corrected chi connectivity index (χ0v) is 15.1. The molecule has 0 aliphatic rings. The Morgan fingerprint density at radius 2 is 1.59 bits per heavy atom. The Morgan fingerprint density at radius 1 is 0.889 bits per heavy atom. The number of pyridine rings is 1. The molecular formula is C24H20N2O. The number of aromatic nitrogens is 1. The first-order valence-electron chi connectivity index (χ1n) is 9.00. The molecule has 0 saturated heterocycles. The van der Waals surface area contributed by atoms with Crippen molar-refractivity contribution in [2.45, 2.75) is 13.5 Å². The predicted octanol–water partition coefficient (Wildman–Crippen LogP) is 5.14. The molecule has 0 spiro atoms. The third-order valence-electron chi connectivity index (χ3n) is 4.60. The minimum atomic E-state index is -0.0918. The Morgan fingerprint density at radius 3 is 2.37 bits per heavy atom. The molecule has 3 aromatic carbocycles. The second-order valence-electron chi connectivity index (χ2n) is 6.61. The SMILES string of the molecule is Cc1ccc(-c2cc(C(=O)NCc3ccccc3)c3ccccc3n2)cc1. The van der Waals surface area contributed by atoms with Gasteiger partial charge >= 0.3 is 0 Å². The maximum atomic E-state index is 12.9. The first-order valence-corrected chi connectivity index (χ1v) is 9.00. The standard InChI is InChI=1S/C24H20N2O/c1-17-11-13-19(14-12-17)23-15-21(20-9-5-6-10-22(20)26-23)24(27)25-16-18-7-3-2-4-8-18/h2-15H,16H2,1H3,(H,25,27). The largest absolute Gasteiger partial charge is 0.348 e. The second-order valence-corrected chi connectivity index (χ2v) is 6.61. The van der Waals surface area contributed by atoms with Gasteiger partial charge < -0.3 is 5.32 Å². The maximum Gasteiger partial charge on any atom is 0.252 e. The summed E-state index contributed by atoms with van der Waals surface area (Å²) in [5.74, 6) is -0.0918. The molecule has 1 heterocycles. The Hall–Kier alpha value is -3.46. The first kappa shape index (κ1) is 17.0. The third-order valence-corrected chi connectivity index (χ3v) is 4.60. The lowest BCUT2D eigenvalue weighted by Gasteiger charge is -2.11. The van der Waals surface area contributed by atoms with Crippen LogP contribution in [-0.4, -0.2) is 10.9 Å². The number of aryl methyl sites for hydroxylation is 1. The summed E-state index contributed by atoms with van der Waals surface area (Å²) in [5, 5.41) is 3.89. The van der Waals surface area contributed by atoms with Crippen LogP contribution in [0.1, 0.15) is 21.5 Å². The van der Waals surface area contributed by atoms with Gasteiger partial charge in [0.2, 0.25) is 0 Å². The topological polar surface area (TPSA) is 42.0 Å².